The van der Waals surface area contributed by atoms with Crippen molar-refractivity contribution >= 4 is 29.0 Å². The lowest BCUT2D eigenvalue weighted by Gasteiger charge is -2.44. The number of likely N-dealkylation sites (tertiary alicyclic amines) is 1. The molecule has 29 heavy (non-hydrogen) atoms. The Kier molecular flexibility index (Phi) is 7.78. The molecule has 8 heteroatoms. The van der Waals surface area contributed by atoms with Gasteiger partial charge in [-0.05, 0) is 81.0 Å². The summed E-state index contributed by atoms with van der Waals surface area (Å²) >= 11 is 3.69. The van der Waals surface area contributed by atoms with Crippen LogP contribution >= 0.6 is 15.9 Å². The molecule has 0 spiro atoms. The fourth-order valence-electron chi connectivity index (χ4n) is 5.11. The summed E-state index contributed by atoms with van der Waals surface area (Å²) in [7, 11) is -1.34. The number of carboxylic acid groups (broad SMARTS) is 1. The molecule has 1 heterocycles. The number of piperidine rings is 1. The molecule has 3 rings (SSSR count). The molecule has 1 unspecified atom stereocenters. The normalized spacial score (nSPS) is 22.7. The molecule has 2 aliphatic rings. The summed E-state index contributed by atoms with van der Waals surface area (Å²) in [5.74, 6) is -0.992. The van der Waals surface area contributed by atoms with Crippen molar-refractivity contribution in [2.24, 2.45) is 11.7 Å². The van der Waals surface area contributed by atoms with Crippen LogP contribution < -0.4 is 5.73 Å². The van der Waals surface area contributed by atoms with Crippen LogP contribution in [0.15, 0.2) is 22.7 Å². The van der Waals surface area contributed by atoms with Crippen molar-refractivity contribution in [3.63, 3.8) is 0 Å². The highest BCUT2D eigenvalue weighted by atomic mass is 79.9. The van der Waals surface area contributed by atoms with Gasteiger partial charge < -0.3 is 20.9 Å². The Hall–Kier alpha value is -0.925. The van der Waals surface area contributed by atoms with E-state index in [0.29, 0.717) is 25.3 Å². The van der Waals surface area contributed by atoms with Gasteiger partial charge in [-0.2, -0.15) is 0 Å². The van der Waals surface area contributed by atoms with E-state index in [4.69, 9.17) is 15.8 Å². The number of hydrogen-bond donors (Lipinski definition) is 4. The number of carboxylic acids is 1. The first kappa shape index (κ1) is 22.8. The van der Waals surface area contributed by atoms with Crippen molar-refractivity contribution in [1.29, 1.82) is 0 Å². The molecule has 0 amide bonds. The maximum Gasteiger partial charge on any atom is 0.451 e. The number of hydrogen-bond acceptors (Lipinski definition) is 5. The van der Waals surface area contributed by atoms with Gasteiger partial charge in [0.15, 0.2) is 0 Å². The Morgan fingerprint density at radius 3 is 2.62 bits per heavy atom. The fourth-order valence-corrected chi connectivity index (χ4v) is 5.69. The number of aliphatic carboxylic acids is 1. The van der Waals surface area contributed by atoms with E-state index in [2.05, 4.69) is 39.0 Å². The van der Waals surface area contributed by atoms with Gasteiger partial charge in [-0.15, -0.1) is 0 Å². The van der Waals surface area contributed by atoms with E-state index in [9.17, 15) is 9.90 Å². The predicted molar refractivity (Wildman–Crippen MR) is 118 cm³/mol. The zero-order valence-corrected chi connectivity index (χ0v) is 18.5. The standard InChI is InChI=1S/C21H32BBrN2O4/c23-18-7-3-6-17-16(18)5-4-8-19(17)25-13-9-15(10-14-25)21(24,20(26)27)11-1-2-12-22(28)29/h3,6-7,15,19,28-29H,1-2,4-5,8-14,24H2,(H,26,27)/t19?,21-/m1/s1. The van der Waals surface area contributed by atoms with Gasteiger partial charge in [0.1, 0.15) is 5.54 Å². The molecule has 0 saturated carbocycles. The second-order valence-electron chi connectivity index (χ2n) is 8.60. The summed E-state index contributed by atoms with van der Waals surface area (Å²) in [6, 6.07) is 6.85. The molecule has 0 bridgehead atoms. The lowest BCUT2D eigenvalue weighted by Crippen LogP contribution is -2.57. The van der Waals surface area contributed by atoms with Gasteiger partial charge in [-0.3, -0.25) is 9.69 Å². The zero-order valence-electron chi connectivity index (χ0n) is 16.9. The first-order chi connectivity index (χ1) is 13.8. The quantitative estimate of drug-likeness (QED) is 0.346. The minimum absolute atomic E-state index is 0.0547. The number of fused-ring (bicyclic) bond motifs is 1. The van der Waals surface area contributed by atoms with E-state index >= 15 is 0 Å². The first-order valence-electron chi connectivity index (χ1n) is 10.7. The second kappa shape index (κ2) is 9.92. The summed E-state index contributed by atoms with van der Waals surface area (Å²) < 4.78 is 1.19. The molecule has 1 aromatic carbocycles. The van der Waals surface area contributed by atoms with Crippen molar-refractivity contribution in [3.8, 4) is 0 Å². The summed E-state index contributed by atoms with van der Waals surface area (Å²) in [6.45, 7) is 1.73. The Labute approximate surface area is 181 Å². The van der Waals surface area contributed by atoms with Crippen molar-refractivity contribution < 1.29 is 19.9 Å². The predicted octanol–water partition coefficient (Wildman–Crippen LogP) is 2.96. The second-order valence-corrected chi connectivity index (χ2v) is 9.45. The van der Waals surface area contributed by atoms with E-state index in [1.807, 2.05) is 0 Å². The molecule has 0 aromatic heterocycles. The van der Waals surface area contributed by atoms with Crippen molar-refractivity contribution in [3.05, 3.63) is 33.8 Å². The first-order valence-corrected chi connectivity index (χ1v) is 11.5. The molecule has 0 radical (unpaired) electrons. The maximum absolute atomic E-state index is 12.0. The Bertz CT molecular complexity index is 712. The van der Waals surface area contributed by atoms with Crippen molar-refractivity contribution in [2.75, 3.05) is 13.1 Å². The number of rotatable bonds is 8. The molecule has 1 aliphatic carbocycles. The highest BCUT2D eigenvalue weighted by Gasteiger charge is 2.44. The Morgan fingerprint density at radius 1 is 1.24 bits per heavy atom. The minimum Gasteiger partial charge on any atom is -0.480 e. The Balaban J connectivity index is 1.62. The van der Waals surface area contributed by atoms with Gasteiger partial charge in [0.2, 0.25) is 0 Å². The highest BCUT2D eigenvalue weighted by Crippen LogP contribution is 2.40. The molecule has 5 N–H and O–H groups in total. The number of nitrogens with zero attached hydrogens (tertiary/aromatic N) is 1. The molecule has 1 aromatic rings. The van der Waals surface area contributed by atoms with Gasteiger partial charge in [-0.25, -0.2) is 0 Å². The molecule has 1 aliphatic heterocycles. The van der Waals surface area contributed by atoms with Gasteiger partial charge in [-0.1, -0.05) is 40.9 Å². The third kappa shape index (κ3) is 5.23. The smallest absolute Gasteiger partial charge is 0.451 e. The van der Waals surface area contributed by atoms with Gasteiger partial charge in [0.05, 0.1) is 0 Å². The zero-order chi connectivity index (χ0) is 21.0. The molecular formula is C21H32BBrN2O4. The third-order valence-corrected chi connectivity index (χ3v) is 7.56. The average Bonchev–Trinajstić information content (AvgIpc) is 2.71. The summed E-state index contributed by atoms with van der Waals surface area (Å²) in [6.07, 6.45) is 6.77. The van der Waals surface area contributed by atoms with Gasteiger partial charge in [0, 0.05) is 10.5 Å². The number of unbranched alkanes of at least 4 members (excludes halogenated alkanes) is 1. The molecule has 1 fully saturated rings. The van der Waals surface area contributed by atoms with Crippen LogP contribution in [0.1, 0.15) is 62.1 Å². The van der Waals surface area contributed by atoms with Gasteiger partial charge >= 0.3 is 13.1 Å². The topological polar surface area (TPSA) is 107 Å². The van der Waals surface area contributed by atoms with Crippen molar-refractivity contribution in [2.45, 2.75) is 69.3 Å². The monoisotopic (exact) mass is 466 g/mol. The van der Waals surface area contributed by atoms with Crippen LogP contribution in [-0.2, 0) is 11.2 Å². The van der Waals surface area contributed by atoms with Crippen LogP contribution in [0.2, 0.25) is 6.32 Å². The van der Waals surface area contributed by atoms with E-state index in [-0.39, 0.29) is 12.2 Å². The average molecular weight is 467 g/mol. The SMILES string of the molecule is N[C@@](CCCCB(O)O)(C(=O)O)C1CCN(C2CCCc3c(Br)cccc32)CC1. The summed E-state index contributed by atoms with van der Waals surface area (Å²) in [5, 5.41) is 27.8. The van der Waals surface area contributed by atoms with Crippen LogP contribution in [-0.4, -0.2) is 51.8 Å². The molecule has 6 nitrogen and oxygen atoms in total. The van der Waals surface area contributed by atoms with E-state index < -0.39 is 18.6 Å². The van der Waals surface area contributed by atoms with Crippen LogP contribution in [0.4, 0.5) is 0 Å². The van der Waals surface area contributed by atoms with Crippen molar-refractivity contribution in [1.82, 2.24) is 4.90 Å². The number of carbonyl (C=O) groups is 1. The van der Waals surface area contributed by atoms with Crippen LogP contribution in [0.3, 0.4) is 0 Å². The fraction of sp³-hybridized carbons (Fsp3) is 0.667. The Morgan fingerprint density at radius 2 is 1.97 bits per heavy atom. The van der Waals surface area contributed by atoms with Crippen LogP contribution in [0, 0.1) is 5.92 Å². The van der Waals surface area contributed by atoms with E-state index in [1.165, 1.54) is 22.0 Å². The molecular weight excluding hydrogens is 435 g/mol. The summed E-state index contributed by atoms with van der Waals surface area (Å²) in [4.78, 5) is 14.5. The third-order valence-electron chi connectivity index (χ3n) is 6.82. The van der Waals surface area contributed by atoms with Crippen LogP contribution in [0.5, 0.6) is 0 Å². The number of benzene rings is 1. The number of halogens is 1. The minimum atomic E-state index is -1.34. The largest absolute Gasteiger partial charge is 0.480 e. The molecule has 160 valence electrons. The van der Waals surface area contributed by atoms with E-state index in [1.54, 1.807) is 0 Å². The summed E-state index contributed by atoms with van der Waals surface area (Å²) in [5.41, 5.74) is 7.99. The lowest BCUT2D eigenvalue weighted by atomic mass is 9.73. The molecule has 2 atom stereocenters. The maximum atomic E-state index is 12.0. The van der Waals surface area contributed by atoms with E-state index in [0.717, 1.165) is 38.8 Å². The molecule has 1 saturated heterocycles. The van der Waals surface area contributed by atoms with Gasteiger partial charge in [0.25, 0.3) is 0 Å². The number of nitrogens with two attached hydrogens (primary N) is 1. The lowest BCUT2D eigenvalue weighted by molar-refractivity contribution is -0.147. The highest BCUT2D eigenvalue weighted by molar-refractivity contribution is 9.10. The van der Waals surface area contributed by atoms with Crippen LogP contribution in [0.25, 0.3) is 0 Å².